The number of hydrogen-bond donors (Lipinski definition) is 5. The van der Waals surface area contributed by atoms with Gasteiger partial charge >= 0.3 is 5.97 Å². The predicted octanol–water partition coefficient (Wildman–Crippen LogP) is 0.779. The number of aromatic carboxylic acids is 1. The van der Waals surface area contributed by atoms with Crippen molar-refractivity contribution < 1.29 is 20.1 Å². The van der Waals surface area contributed by atoms with Crippen LogP contribution in [-0.4, -0.2) is 51.2 Å². The van der Waals surface area contributed by atoms with Gasteiger partial charge in [-0.1, -0.05) is 24.3 Å². The summed E-state index contributed by atoms with van der Waals surface area (Å²) in [5.41, 5.74) is 1.85. The minimum Gasteiger partial charge on any atom is -0.477 e. The Morgan fingerprint density at radius 1 is 1.32 bits per heavy atom. The van der Waals surface area contributed by atoms with Crippen LogP contribution in [-0.2, 0) is 0 Å². The first-order valence-electron chi connectivity index (χ1n) is 6.92. The third-order valence-corrected chi connectivity index (χ3v) is 3.41. The van der Waals surface area contributed by atoms with Gasteiger partial charge < -0.3 is 20.6 Å². The van der Waals surface area contributed by atoms with E-state index in [2.05, 4.69) is 15.5 Å². The normalized spacial score (nSPS) is 13.8. The molecule has 0 aliphatic rings. The molecule has 7 nitrogen and oxygen atoms in total. The third kappa shape index (κ3) is 3.70. The number of aromatic nitrogens is 2. The van der Waals surface area contributed by atoms with Crippen LogP contribution in [0.5, 0.6) is 0 Å². The van der Waals surface area contributed by atoms with Crippen LogP contribution in [0.25, 0.3) is 11.3 Å². The van der Waals surface area contributed by atoms with Gasteiger partial charge in [0.15, 0.2) is 0 Å². The Labute approximate surface area is 127 Å². The van der Waals surface area contributed by atoms with Crippen molar-refractivity contribution in [2.24, 2.45) is 0 Å². The van der Waals surface area contributed by atoms with Gasteiger partial charge in [0.25, 0.3) is 0 Å². The molecule has 2 rings (SSSR count). The zero-order valence-corrected chi connectivity index (χ0v) is 12.2. The lowest BCUT2D eigenvalue weighted by Gasteiger charge is -2.18. The Morgan fingerprint density at radius 2 is 2.00 bits per heavy atom. The first-order valence-corrected chi connectivity index (χ1v) is 6.92. The van der Waals surface area contributed by atoms with Gasteiger partial charge in [0.05, 0.1) is 11.8 Å². The second kappa shape index (κ2) is 7.17. The van der Waals surface area contributed by atoms with Crippen LogP contribution in [0.15, 0.2) is 30.3 Å². The molecule has 2 atom stereocenters. The van der Waals surface area contributed by atoms with Crippen LogP contribution in [0.2, 0.25) is 0 Å². The number of carbonyl (C=O) groups is 1. The summed E-state index contributed by atoms with van der Waals surface area (Å²) < 4.78 is 0. The molecule has 2 aromatic rings. The Kier molecular flexibility index (Phi) is 5.26. The maximum absolute atomic E-state index is 10.8. The van der Waals surface area contributed by atoms with Gasteiger partial charge in [0.2, 0.25) is 0 Å². The number of aromatic amines is 1. The number of rotatable bonds is 7. The fourth-order valence-electron chi connectivity index (χ4n) is 2.10. The average molecular weight is 305 g/mol. The minimum absolute atomic E-state index is 0.0154. The quantitative estimate of drug-likeness (QED) is 0.516. The summed E-state index contributed by atoms with van der Waals surface area (Å²) in [6.45, 7) is 0.613. The summed E-state index contributed by atoms with van der Waals surface area (Å²) in [6.07, 6.45) is -1.36. The van der Waals surface area contributed by atoms with E-state index in [0.29, 0.717) is 24.2 Å². The Bertz CT molecular complexity index is 624. The maximum Gasteiger partial charge on any atom is 0.353 e. The van der Waals surface area contributed by atoms with Crippen molar-refractivity contribution in [3.8, 4) is 11.3 Å². The molecule has 0 aliphatic carbocycles. The van der Waals surface area contributed by atoms with E-state index in [1.54, 1.807) is 31.3 Å². The summed E-state index contributed by atoms with van der Waals surface area (Å²) in [6, 6.07) is 8.28. The molecule has 0 radical (unpaired) electrons. The average Bonchev–Trinajstić information content (AvgIpc) is 3.02. The lowest BCUT2D eigenvalue weighted by molar-refractivity contribution is 0.0140. The first kappa shape index (κ1) is 16.2. The molecule has 1 aromatic heterocycles. The summed E-state index contributed by atoms with van der Waals surface area (Å²) in [5.74, 6) is -1.07. The van der Waals surface area contributed by atoms with Gasteiger partial charge in [0.1, 0.15) is 11.8 Å². The number of benzene rings is 1. The second-order valence-electron chi connectivity index (χ2n) is 5.00. The number of aliphatic hydroxyl groups excluding tert-OH is 2. The summed E-state index contributed by atoms with van der Waals surface area (Å²) in [5, 5.41) is 38.1. The molecular weight excluding hydrogens is 286 g/mol. The standard InChI is InChI=1S/C15H19N3O4/c1-16-7-6-13(19)14(20)10-4-2-9(3-5-10)11-8-12(15(21)22)18-17-11/h2-5,8,13-14,16,19-20H,6-7H2,1H3,(H,17,18)(H,21,22). The van der Waals surface area contributed by atoms with E-state index >= 15 is 0 Å². The predicted molar refractivity (Wildman–Crippen MR) is 80.5 cm³/mol. The number of nitrogens with one attached hydrogen (secondary N) is 2. The van der Waals surface area contributed by atoms with Gasteiger partial charge in [-0.05, 0) is 31.6 Å². The molecule has 2 unspecified atom stereocenters. The molecule has 0 saturated heterocycles. The van der Waals surface area contributed by atoms with Crippen LogP contribution < -0.4 is 5.32 Å². The molecule has 0 fully saturated rings. The monoisotopic (exact) mass is 305 g/mol. The van der Waals surface area contributed by atoms with Crippen LogP contribution in [0.4, 0.5) is 0 Å². The smallest absolute Gasteiger partial charge is 0.353 e. The van der Waals surface area contributed by atoms with E-state index < -0.39 is 18.2 Å². The van der Waals surface area contributed by atoms with Crippen molar-refractivity contribution in [1.29, 1.82) is 0 Å². The highest BCUT2D eigenvalue weighted by atomic mass is 16.4. The van der Waals surface area contributed by atoms with E-state index in [0.717, 1.165) is 5.56 Å². The van der Waals surface area contributed by atoms with Crippen molar-refractivity contribution in [2.45, 2.75) is 18.6 Å². The fourth-order valence-corrected chi connectivity index (χ4v) is 2.10. The highest BCUT2D eigenvalue weighted by Crippen LogP contribution is 2.23. The van der Waals surface area contributed by atoms with E-state index in [1.165, 1.54) is 6.07 Å². The molecular formula is C15H19N3O4. The van der Waals surface area contributed by atoms with Gasteiger partial charge in [-0.3, -0.25) is 5.10 Å². The molecule has 0 bridgehead atoms. The molecule has 1 aromatic carbocycles. The number of aliphatic hydroxyl groups is 2. The number of nitrogens with zero attached hydrogens (tertiary/aromatic N) is 1. The maximum atomic E-state index is 10.8. The Balaban J connectivity index is 2.10. The number of H-pyrrole nitrogens is 1. The third-order valence-electron chi connectivity index (χ3n) is 3.41. The zero-order chi connectivity index (χ0) is 16.1. The number of carboxylic acids is 1. The molecule has 0 amide bonds. The van der Waals surface area contributed by atoms with Crippen LogP contribution in [0.3, 0.4) is 0 Å². The van der Waals surface area contributed by atoms with Crippen molar-refractivity contribution in [1.82, 2.24) is 15.5 Å². The SMILES string of the molecule is CNCCC(O)C(O)c1ccc(-c2cc(C(=O)O)[nH]n2)cc1. The van der Waals surface area contributed by atoms with Gasteiger partial charge in [0, 0.05) is 5.56 Å². The molecule has 1 heterocycles. The zero-order valence-electron chi connectivity index (χ0n) is 12.2. The van der Waals surface area contributed by atoms with Gasteiger partial charge in [-0.15, -0.1) is 0 Å². The van der Waals surface area contributed by atoms with Crippen molar-refractivity contribution in [3.63, 3.8) is 0 Å². The summed E-state index contributed by atoms with van der Waals surface area (Å²) in [4.78, 5) is 10.8. The molecule has 0 saturated carbocycles. The van der Waals surface area contributed by atoms with Gasteiger partial charge in [-0.2, -0.15) is 5.10 Å². The molecule has 118 valence electrons. The minimum atomic E-state index is -1.07. The van der Waals surface area contributed by atoms with Gasteiger partial charge in [-0.25, -0.2) is 4.79 Å². The Morgan fingerprint density at radius 3 is 2.55 bits per heavy atom. The number of hydrogen-bond acceptors (Lipinski definition) is 5. The molecule has 0 aliphatic heterocycles. The molecule has 0 spiro atoms. The van der Waals surface area contributed by atoms with Crippen molar-refractivity contribution in [3.05, 3.63) is 41.6 Å². The van der Waals surface area contributed by atoms with Crippen LogP contribution >= 0.6 is 0 Å². The van der Waals surface area contributed by atoms with Crippen molar-refractivity contribution in [2.75, 3.05) is 13.6 Å². The van der Waals surface area contributed by atoms with Crippen LogP contribution in [0.1, 0.15) is 28.6 Å². The number of carboxylic acid groups (broad SMARTS) is 1. The highest BCUT2D eigenvalue weighted by molar-refractivity contribution is 5.86. The van der Waals surface area contributed by atoms with E-state index in [1.807, 2.05) is 0 Å². The highest BCUT2D eigenvalue weighted by Gasteiger charge is 2.18. The van der Waals surface area contributed by atoms with Crippen molar-refractivity contribution >= 4 is 5.97 Å². The molecule has 22 heavy (non-hydrogen) atoms. The second-order valence-corrected chi connectivity index (χ2v) is 5.00. The van der Waals surface area contributed by atoms with Crippen LogP contribution in [0, 0.1) is 0 Å². The summed E-state index contributed by atoms with van der Waals surface area (Å²) >= 11 is 0. The topological polar surface area (TPSA) is 118 Å². The first-order chi connectivity index (χ1) is 10.5. The Hall–Kier alpha value is -2.22. The fraction of sp³-hybridized carbons (Fsp3) is 0.333. The van der Waals surface area contributed by atoms with E-state index in [-0.39, 0.29) is 5.69 Å². The summed E-state index contributed by atoms with van der Waals surface area (Å²) in [7, 11) is 1.78. The lowest BCUT2D eigenvalue weighted by Crippen LogP contribution is -2.23. The largest absolute Gasteiger partial charge is 0.477 e. The van der Waals surface area contributed by atoms with E-state index in [4.69, 9.17) is 5.11 Å². The molecule has 5 N–H and O–H groups in total. The molecule has 7 heteroatoms. The van der Waals surface area contributed by atoms with E-state index in [9.17, 15) is 15.0 Å². The lowest BCUT2D eigenvalue weighted by atomic mass is 10.00.